The Morgan fingerprint density at radius 3 is 2.31 bits per heavy atom. The SMILES string of the molecule is Cc1ccc(S(=O)(=O)n2cc(-c3ncc(F)c(-c4ccccc4)c3C#N)c3cc(F)cc(F)c32)cc1. The van der Waals surface area contributed by atoms with E-state index in [1.807, 2.05) is 6.07 Å². The number of fused-ring (bicyclic) bond motifs is 1. The lowest BCUT2D eigenvalue weighted by Crippen LogP contribution is -2.12. The Labute approximate surface area is 204 Å². The van der Waals surface area contributed by atoms with Crippen molar-refractivity contribution in [3.63, 3.8) is 0 Å². The first-order chi connectivity index (χ1) is 17.2. The summed E-state index contributed by atoms with van der Waals surface area (Å²) in [5.41, 5.74) is 0.410. The minimum Gasteiger partial charge on any atom is -0.252 e. The summed E-state index contributed by atoms with van der Waals surface area (Å²) < 4.78 is 71.9. The number of pyridine rings is 1. The van der Waals surface area contributed by atoms with Gasteiger partial charge in [-0.3, -0.25) is 4.98 Å². The molecule has 2 aromatic heterocycles. The summed E-state index contributed by atoms with van der Waals surface area (Å²) in [4.78, 5) is 3.93. The average Bonchev–Trinajstić information content (AvgIpc) is 3.25. The van der Waals surface area contributed by atoms with Crippen molar-refractivity contribution in [2.75, 3.05) is 0 Å². The molecular weight excluding hydrogens is 487 g/mol. The molecule has 5 rings (SSSR count). The standard InChI is InChI=1S/C27H16F3N3O2S/c1-16-7-9-19(10-8-16)36(34,35)33-15-22(20-11-18(28)12-23(29)27(20)33)26-21(13-31)25(24(30)14-32-26)17-5-3-2-4-6-17/h2-12,14-15H,1H3. The van der Waals surface area contributed by atoms with Gasteiger partial charge < -0.3 is 0 Å². The number of aromatic nitrogens is 2. The number of nitriles is 1. The zero-order chi connectivity index (χ0) is 25.6. The summed E-state index contributed by atoms with van der Waals surface area (Å²) in [5.74, 6) is -2.83. The molecule has 0 fully saturated rings. The third-order valence-corrected chi connectivity index (χ3v) is 7.50. The number of hydrogen-bond donors (Lipinski definition) is 0. The number of rotatable bonds is 4. The molecule has 0 radical (unpaired) electrons. The molecular formula is C27H16F3N3O2S. The van der Waals surface area contributed by atoms with E-state index in [2.05, 4.69) is 4.98 Å². The lowest BCUT2D eigenvalue weighted by molar-refractivity contribution is 0.579. The maximum atomic E-state index is 15.1. The monoisotopic (exact) mass is 503 g/mol. The summed E-state index contributed by atoms with van der Waals surface area (Å²) in [5, 5.41) is 9.84. The molecule has 0 aliphatic carbocycles. The van der Waals surface area contributed by atoms with Crippen LogP contribution in [0.1, 0.15) is 11.1 Å². The van der Waals surface area contributed by atoms with Gasteiger partial charge in [0.25, 0.3) is 10.0 Å². The van der Waals surface area contributed by atoms with E-state index in [0.717, 1.165) is 24.0 Å². The van der Waals surface area contributed by atoms with Crippen molar-refractivity contribution in [3.05, 3.63) is 108 Å². The molecule has 0 N–H and O–H groups in total. The topological polar surface area (TPSA) is 75.8 Å². The van der Waals surface area contributed by atoms with Crippen LogP contribution in [0.5, 0.6) is 0 Å². The largest absolute Gasteiger partial charge is 0.268 e. The minimum atomic E-state index is -4.33. The zero-order valence-electron chi connectivity index (χ0n) is 18.7. The van der Waals surface area contributed by atoms with Crippen LogP contribution >= 0.6 is 0 Å². The van der Waals surface area contributed by atoms with Gasteiger partial charge in [-0.1, -0.05) is 48.0 Å². The van der Waals surface area contributed by atoms with Gasteiger partial charge in [0.1, 0.15) is 17.4 Å². The van der Waals surface area contributed by atoms with Crippen molar-refractivity contribution in [2.45, 2.75) is 11.8 Å². The molecule has 178 valence electrons. The Balaban J connectivity index is 1.86. The summed E-state index contributed by atoms with van der Waals surface area (Å²) in [6.07, 6.45) is 1.98. The quantitative estimate of drug-likeness (QED) is 0.292. The second kappa shape index (κ2) is 8.66. The zero-order valence-corrected chi connectivity index (χ0v) is 19.5. The second-order valence-electron chi connectivity index (χ2n) is 8.12. The molecule has 0 unspecified atom stereocenters. The molecule has 5 aromatic rings. The normalized spacial score (nSPS) is 11.5. The Hall–Kier alpha value is -4.42. The predicted octanol–water partition coefficient (Wildman–Crippen LogP) is 6.20. The molecule has 36 heavy (non-hydrogen) atoms. The van der Waals surface area contributed by atoms with E-state index >= 15 is 4.39 Å². The lowest BCUT2D eigenvalue weighted by Gasteiger charge is -2.10. The molecule has 0 bridgehead atoms. The van der Waals surface area contributed by atoms with Gasteiger partial charge in [0.2, 0.25) is 0 Å². The molecule has 0 aliphatic heterocycles. The summed E-state index contributed by atoms with van der Waals surface area (Å²) in [7, 11) is -4.33. The first-order valence-corrected chi connectivity index (χ1v) is 12.1. The molecule has 0 aliphatic rings. The maximum Gasteiger partial charge on any atom is 0.268 e. The Morgan fingerprint density at radius 1 is 0.944 bits per heavy atom. The van der Waals surface area contributed by atoms with Gasteiger partial charge in [-0.25, -0.2) is 25.6 Å². The molecule has 3 aromatic carbocycles. The van der Waals surface area contributed by atoms with Gasteiger partial charge in [0, 0.05) is 28.8 Å². The van der Waals surface area contributed by atoms with E-state index in [-0.39, 0.29) is 32.7 Å². The van der Waals surface area contributed by atoms with Crippen LogP contribution < -0.4 is 0 Å². The van der Waals surface area contributed by atoms with Crippen molar-refractivity contribution >= 4 is 20.9 Å². The van der Waals surface area contributed by atoms with Crippen molar-refractivity contribution in [2.24, 2.45) is 0 Å². The maximum absolute atomic E-state index is 15.1. The highest BCUT2D eigenvalue weighted by atomic mass is 32.2. The number of halogens is 3. The third-order valence-electron chi connectivity index (χ3n) is 5.82. The smallest absolute Gasteiger partial charge is 0.252 e. The third kappa shape index (κ3) is 3.72. The van der Waals surface area contributed by atoms with Gasteiger partial charge in [0.05, 0.1) is 22.3 Å². The Morgan fingerprint density at radius 2 is 1.64 bits per heavy atom. The molecule has 2 heterocycles. The van der Waals surface area contributed by atoms with Crippen LogP contribution in [0.3, 0.4) is 0 Å². The van der Waals surface area contributed by atoms with Crippen molar-refractivity contribution in [3.8, 4) is 28.5 Å². The molecule has 0 saturated carbocycles. The van der Waals surface area contributed by atoms with E-state index in [1.54, 1.807) is 49.4 Å². The van der Waals surface area contributed by atoms with E-state index in [9.17, 15) is 22.5 Å². The highest BCUT2D eigenvalue weighted by Gasteiger charge is 2.27. The fraction of sp³-hybridized carbons (Fsp3) is 0.0370. The summed E-state index contributed by atoms with van der Waals surface area (Å²) in [6, 6.07) is 17.7. The van der Waals surface area contributed by atoms with E-state index in [4.69, 9.17) is 0 Å². The van der Waals surface area contributed by atoms with Gasteiger partial charge in [0.15, 0.2) is 11.6 Å². The lowest BCUT2D eigenvalue weighted by atomic mass is 9.96. The van der Waals surface area contributed by atoms with Crippen LogP contribution in [0.15, 0.2) is 84.0 Å². The first-order valence-electron chi connectivity index (χ1n) is 10.7. The van der Waals surface area contributed by atoms with Crippen molar-refractivity contribution in [1.82, 2.24) is 8.96 Å². The fourth-order valence-electron chi connectivity index (χ4n) is 4.14. The van der Waals surface area contributed by atoms with Crippen LogP contribution in [0.2, 0.25) is 0 Å². The van der Waals surface area contributed by atoms with Crippen LogP contribution in [0.4, 0.5) is 13.2 Å². The van der Waals surface area contributed by atoms with Gasteiger partial charge >= 0.3 is 0 Å². The predicted molar refractivity (Wildman–Crippen MR) is 129 cm³/mol. The molecule has 0 spiro atoms. The van der Waals surface area contributed by atoms with Crippen LogP contribution in [0, 0.1) is 35.7 Å². The number of hydrogen-bond acceptors (Lipinski definition) is 4. The van der Waals surface area contributed by atoms with Crippen LogP contribution in [-0.4, -0.2) is 17.4 Å². The molecule has 0 saturated heterocycles. The fourth-order valence-corrected chi connectivity index (χ4v) is 5.51. The van der Waals surface area contributed by atoms with Crippen LogP contribution in [-0.2, 0) is 10.0 Å². The number of benzene rings is 3. The summed E-state index contributed by atoms with van der Waals surface area (Å²) in [6.45, 7) is 1.79. The highest BCUT2D eigenvalue weighted by Crippen LogP contribution is 2.38. The number of nitrogens with zero attached hydrogens (tertiary/aromatic N) is 3. The van der Waals surface area contributed by atoms with E-state index in [1.165, 1.54) is 12.1 Å². The molecule has 9 heteroatoms. The Kier molecular flexibility index (Phi) is 5.61. The van der Waals surface area contributed by atoms with Crippen LogP contribution in [0.25, 0.3) is 33.3 Å². The molecule has 0 amide bonds. The highest BCUT2D eigenvalue weighted by molar-refractivity contribution is 7.90. The first kappa shape index (κ1) is 23.3. The minimum absolute atomic E-state index is 0.0344. The van der Waals surface area contributed by atoms with Gasteiger partial charge in [-0.15, -0.1) is 0 Å². The molecule has 0 atom stereocenters. The second-order valence-corrected chi connectivity index (χ2v) is 9.94. The molecule has 5 nitrogen and oxygen atoms in total. The Bertz CT molecular complexity index is 1790. The van der Waals surface area contributed by atoms with E-state index in [0.29, 0.717) is 15.6 Å². The number of aryl methyl sites for hydroxylation is 1. The van der Waals surface area contributed by atoms with Crippen molar-refractivity contribution < 1.29 is 21.6 Å². The average molecular weight is 504 g/mol. The van der Waals surface area contributed by atoms with E-state index < -0.39 is 33.0 Å². The van der Waals surface area contributed by atoms with Crippen molar-refractivity contribution in [1.29, 1.82) is 5.26 Å². The van der Waals surface area contributed by atoms with Gasteiger partial charge in [-0.2, -0.15) is 5.26 Å². The van der Waals surface area contributed by atoms with Gasteiger partial charge in [-0.05, 0) is 30.7 Å². The summed E-state index contributed by atoms with van der Waals surface area (Å²) >= 11 is 0.